The van der Waals surface area contributed by atoms with E-state index in [1.165, 1.54) is 30.2 Å². The van der Waals surface area contributed by atoms with Crippen molar-refractivity contribution in [2.24, 2.45) is 0 Å². The van der Waals surface area contributed by atoms with Crippen molar-refractivity contribution >= 4 is 11.8 Å². The zero-order valence-corrected chi connectivity index (χ0v) is 10.7. The number of hydrogen-bond donors (Lipinski definition) is 1. The summed E-state index contributed by atoms with van der Waals surface area (Å²) in [6.07, 6.45) is 9.66. The van der Waals surface area contributed by atoms with E-state index in [2.05, 4.69) is 26.3 Å². The van der Waals surface area contributed by atoms with Crippen LogP contribution in [-0.2, 0) is 6.54 Å². The van der Waals surface area contributed by atoms with E-state index in [0.29, 0.717) is 0 Å². The van der Waals surface area contributed by atoms with Crippen LogP contribution in [0.25, 0.3) is 0 Å². The summed E-state index contributed by atoms with van der Waals surface area (Å²) < 4.78 is 0. The third-order valence-corrected chi connectivity index (χ3v) is 3.59. The van der Waals surface area contributed by atoms with Gasteiger partial charge in [0.05, 0.1) is 6.20 Å². The van der Waals surface area contributed by atoms with Crippen LogP contribution in [-0.4, -0.2) is 21.0 Å². The second-order valence-corrected chi connectivity index (χ2v) is 5.35. The monoisotopic (exact) mass is 258 g/mol. The van der Waals surface area contributed by atoms with Gasteiger partial charge in [-0.1, -0.05) is 6.07 Å². The first-order chi connectivity index (χ1) is 8.90. The smallest absolute Gasteiger partial charge is 0.121 e. The Morgan fingerprint density at radius 3 is 2.72 bits per heavy atom. The number of pyridine rings is 1. The highest BCUT2D eigenvalue weighted by atomic mass is 32.2. The molecule has 0 atom stereocenters. The summed E-state index contributed by atoms with van der Waals surface area (Å²) in [6, 6.07) is 4.88. The minimum absolute atomic E-state index is 0.735. The summed E-state index contributed by atoms with van der Waals surface area (Å²) in [7, 11) is 0. The van der Waals surface area contributed by atoms with Crippen molar-refractivity contribution in [2.75, 3.05) is 0 Å². The van der Waals surface area contributed by atoms with Crippen molar-refractivity contribution in [3.05, 3.63) is 42.5 Å². The van der Waals surface area contributed by atoms with E-state index in [0.717, 1.165) is 22.6 Å². The molecule has 1 aliphatic rings. The van der Waals surface area contributed by atoms with Crippen molar-refractivity contribution < 1.29 is 0 Å². The Hall–Kier alpha value is -1.46. The van der Waals surface area contributed by atoms with Crippen LogP contribution in [0.4, 0.5) is 0 Å². The lowest BCUT2D eigenvalue weighted by Crippen LogP contribution is -2.15. The van der Waals surface area contributed by atoms with Gasteiger partial charge in [0.2, 0.25) is 0 Å². The van der Waals surface area contributed by atoms with Gasteiger partial charge >= 0.3 is 0 Å². The van der Waals surface area contributed by atoms with E-state index in [1.807, 2.05) is 12.3 Å². The fraction of sp³-hybridized carbons (Fsp3) is 0.308. The molecule has 0 spiro atoms. The molecule has 0 bridgehead atoms. The zero-order valence-electron chi connectivity index (χ0n) is 9.91. The van der Waals surface area contributed by atoms with Gasteiger partial charge in [-0.05, 0) is 36.2 Å². The standard InChI is InChI=1S/C13H14N4S/c1-4-12(18-13-9-14-5-6-15-13)17-8-10(1)7-16-11-2-3-11/h1,4-6,8-9,11,16H,2-3,7H2. The third kappa shape index (κ3) is 3.27. The quantitative estimate of drug-likeness (QED) is 0.891. The molecule has 1 N–H and O–H groups in total. The second-order valence-electron chi connectivity index (χ2n) is 4.31. The highest BCUT2D eigenvalue weighted by molar-refractivity contribution is 7.99. The summed E-state index contributed by atoms with van der Waals surface area (Å²) in [6.45, 7) is 0.910. The van der Waals surface area contributed by atoms with Gasteiger partial charge in [-0.3, -0.25) is 4.98 Å². The molecule has 92 valence electrons. The van der Waals surface area contributed by atoms with E-state index < -0.39 is 0 Å². The normalized spacial score (nSPS) is 14.7. The van der Waals surface area contributed by atoms with Gasteiger partial charge in [-0.15, -0.1) is 0 Å². The molecule has 0 saturated heterocycles. The van der Waals surface area contributed by atoms with Crippen LogP contribution in [0, 0.1) is 0 Å². The molecule has 18 heavy (non-hydrogen) atoms. The molecule has 4 nitrogen and oxygen atoms in total. The van der Waals surface area contributed by atoms with Gasteiger partial charge in [0, 0.05) is 31.2 Å². The fourth-order valence-electron chi connectivity index (χ4n) is 1.57. The SMILES string of the molecule is c1cnc(Sc2ccc(CNC3CC3)cn2)cn1. The highest BCUT2D eigenvalue weighted by Crippen LogP contribution is 2.23. The van der Waals surface area contributed by atoms with Crippen molar-refractivity contribution in [1.82, 2.24) is 20.3 Å². The van der Waals surface area contributed by atoms with Gasteiger partial charge in [-0.2, -0.15) is 0 Å². The summed E-state index contributed by atoms with van der Waals surface area (Å²) >= 11 is 1.53. The average molecular weight is 258 g/mol. The van der Waals surface area contributed by atoms with Crippen molar-refractivity contribution in [3.63, 3.8) is 0 Å². The Balaban J connectivity index is 1.59. The molecule has 2 aromatic rings. The Kier molecular flexibility index (Phi) is 3.52. The lowest BCUT2D eigenvalue weighted by atomic mass is 10.3. The lowest BCUT2D eigenvalue weighted by Gasteiger charge is -2.03. The van der Waals surface area contributed by atoms with Gasteiger partial charge in [0.1, 0.15) is 10.1 Å². The minimum Gasteiger partial charge on any atom is -0.310 e. The van der Waals surface area contributed by atoms with Crippen LogP contribution in [0.3, 0.4) is 0 Å². The molecule has 0 unspecified atom stereocenters. The molecule has 0 amide bonds. The number of rotatable bonds is 5. The number of nitrogens with zero attached hydrogens (tertiary/aromatic N) is 3. The van der Waals surface area contributed by atoms with Crippen LogP contribution < -0.4 is 5.32 Å². The van der Waals surface area contributed by atoms with Gasteiger partial charge in [-0.25, -0.2) is 9.97 Å². The van der Waals surface area contributed by atoms with Gasteiger partial charge in [0.25, 0.3) is 0 Å². The van der Waals surface area contributed by atoms with E-state index in [4.69, 9.17) is 0 Å². The van der Waals surface area contributed by atoms with E-state index >= 15 is 0 Å². The Bertz CT molecular complexity index is 496. The molecule has 1 fully saturated rings. The predicted octanol–water partition coefficient (Wildman–Crippen LogP) is 2.27. The topological polar surface area (TPSA) is 50.7 Å². The molecule has 1 saturated carbocycles. The minimum atomic E-state index is 0.735. The van der Waals surface area contributed by atoms with Crippen LogP contribution in [0.1, 0.15) is 18.4 Å². The zero-order chi connectivity index (χ0) is 12.2. The largest absolute Gasteiger partial charge is 0.310 e. The summed E-state index contributed by atoms with van der Waals surface area (Å²) in [5, 5.41) is 5.29. The first kappa shape index (κ1) is 11.6. The Morgan fingerprint density at radius 1 is 1.11 bits per heavy atom. The fourth-order valence-corrected chi connectivity index (χ4v) is 2.25. The molecule has 5 heteroatoms. The molecule has 1 aliphatic carbocycles. The van der Waals surface area contributed by atoms with E-state index in [1.54, 1.807) is 18.6 Å². The molecule has 2 heterocycles. The molecule has 0 aromatic carbocycles. The molecule has 2 aromatic heterocycles. The number of hydrogen-bond acceptors (Lipinski definition) is 5. The molecule has 3 rings (SSSR count). The van der Waals surface area contributed by atoms with Crippen LogP contribution in [0.5, 0.6) is 0 Å². The molecule has 0 radical (unpaired) electrons. The van der Waals surface area contributed by atoms with Crippen LogP contribution in [0.15, 0.2) is 47.0 Å². The lowest BCUT2D eigenvalue weighted by molar-refractivity contribution is 0.685. The maximum Gasteiger partial charge on any atom is 0.121 e. The predicted molar refractivity (Wildman–Crippen MR) is 70.3 cm³/mol. The average Bonchev–Trinajstić information content (AvgIpc) is 3.23. The molecular weight excluding hydrogens is 244 g/mol. The molecular formula is C13H14N4S. The van der Waals surface area contributed by atoms with Crippen LogP contribution >= 0.6 is 11.8 Å². The third-order valence-electron chi connectivity index (χ3n) is 2.72. The van der Waals surface area contributed by atoms with Crippen LogP contribution in [0.2, 0.25) is 0 Å². The Morgan fingerprint density at radius 2 is 2.06 bits per heavy atom. The Labute approximate surface area is 110 Å². The number of aromatic nitrogens is 3. The molecule has 0 aliphatic heterocycles. The first-order valence-electron chi connectivity index (χ1n) is 6.02. The maximum atomic E-state index is 4.43. The van der Waals surface area contributed by atoms with Gasteiger partial charge in [0.15, 0.2) is 0 Å². The van der Waals surface area contributed by atoms with Gasteiger partial charge < -0.3 is 5.32 Å². The second kappa shape index (κ2) is 5.46. The van der Waals surface area contributed by atoms with Crippen molar-refractivity contribution in [3.8, 4) is 0 Å². The van der Waals surface area contributed by atoms with Crippen molar-refractivity contribution in [1.29, 1.82) is 0 Å². The summed E-state index contributed by atoms with van der Waals surface area (Å²) in [5.74, 6) is 0. The first-order valence-corrected chi connectivity index (χ1v) is 6.84. The highest BCUT2D eigenvalue weighted by Gasteiger charge is 2.19. The van der Waals surface area contributed by atoms with E-state index in [9.17, 15) is 0 Å². The number of nitrogens with one attached hydrogen (secondary N) is 1. The maximum absolute atomic E-state index is 4.43. The van der Waals surface area contributed by atoms with Crippen molar-refractivity contribution in [2.45, 2.75) is 35.5 Å². The summed E-state index contributed by atoms with van der Waals surface area (Å²) in [5.41, 5.74) is 1.23. The van der Waals surface area contributed by atoms with E-state index in [-0.39, 0.29) is 0 Å². The summed E-state index contributed by atoms with van der Waals surface area (Å²) in [4.78, 5) is 12.7.